The van der Waals surface area contributed by atoms with E-state index >= 15 is 0 Å². The van der Waals surface area contributed by atoms with Gasteiger partial charge in [0.2, 0.25) is 5.28 Å². The van der Waals surface area contributed by atoms with Crippen LogP contribution in [-0.2, 0) is 4.74 Å². The summed E-state index contributed by atoms with van der Waals surface area (Å²) in [5.74, 6) is -1.41. The number of carbonyl (C=O) groups excluding carboxylic acids is 1. The molecule has 2 aliphatic heterocycles. The zero-order valence-electron chi connectivity index (χ0n) is 18.5. The van der Waals surface area contributed by atoms with E-state index in [0.29, 0.717) is 26.1 Å². The van der Waals surface area contributed by atoms with Gasteiger partial charge >= 0.3 is 12.5 Å². The number of ether oxygens (including phenoxy) is 2. The highest BCUT2D eigenvalue weighted by atomic mass is 79.9. The van der Waals surface area contributed by atoms with Crippen LogP contribution >= 0.6 is 27.5 Å². The highest BCUT2D eigenvalue weighted by Crippen LogP contribution is 2.41. The number of rotatable bonds is 2. The van der Waals surface area contributed by atoms with Crippen LogP contribution in [-0.4, -0.2) is 58.6 Å². The summed E-state index contributed by atoms with van der Waals surface area (Å²) < 4.78 is 62.7. The van der Waals surface area contributed by atoms with Crippen molar-refractivity contribution in [3.63, 3.8) is 0 Å². The number of likely N-dealkylation sites (tertiary alicyclic amines) is 1. The second-order valence-corrected chi connectivity index (χ2v) is 10.5. The van der Waals surface area contributed by atoms with E-state index in [-0.39, 0.29) is 34.0 Å². The summed E-state index contributed by atoms with van der Waals surface area (Å²) in [5, 5.41) is -0.234. The molecule has 34 heavy (non-hydrogen) atoms. The number of amides is 1. The average molecular weight is 570 g/mol. The smallest absolute Gasteiger partial charge is 0.444 e. The van der Waals surface area contributed by atoms with Crippen LogP contribution in [0.3, 0.4) is 0 Å². The van der Waals surface area contributed by atoms with Crippen molar-refractivity contribution in [3.05, 3.63) is 21.6 Å². The molecule has 7 nitrogen and oxygen atoms in total. The summed E-state index contributed by atoms with van der Waals surface area (Å²) in [4.78, 5) is 24.3. The minimum Gasteiger partial charge on any atom is -0.444 e. The van der Waals surface area contributed by atoms with Crippen LogP contribution in [0.5, 0.6) is 5.75 Å². The molecule has 1 aromatic heterocycles. The Balaban J connectivity index is 1.72. The van der Waals surface area contributed by atoms with Gasteiger partial charge in [-0.15, -0.1) is 13.2 Å². The van der Waals surface area contributed by atoms with E-state index in [1.807, 2.05) is 0 Å². The molecular formula is C21H22BrClF4N4O3. The molecule has 0 radical (unpaired) electrons. The SMILES string of the molecule is CC(C)(C)OC(=O)N1CC2CCN(c3nc(Cl)nc4c(F)c(Br)c(OC(F)(F)F)cc34)CC1C2. The Morgan fingerprint density at radius 2 is 1.94 bits per heavy atom. The number of fused-ring (bicyclic) bond motifs is 3. The third-order valence-electron chi connectivity index (χ3n) is 5.68. The molecule has 186 valence electrons. The van der Waals surface area contributed by atoms with Gasteiger partial charge in [0.15, 0.2) is 5.82 Å². The molecule has 0 saturated carbocycles. The molecule has 0 N–H and O–H groups in total. The summed E-state index contributed by atoms with van der Waals surface area (Å²) in [6, 6.07) is 0.827. The standard InChI is InChI=1S/C21H22BrClF4N4O3/c1-20(2,3)34-19(32)31-8-10-4-5-30(9-11(31)6-10)17-12-7-13(33-21(25,26)27)14(22)15(24)16(12)28-18(23)29-17/h7,10-11H,4-6,8-9H2,1-3H3. The Morgan fingerprint density at radius 3 is 2.59 bits per heavy atom. The van der Waals surface area contributed by atoms with Gasteiger partial charge in [0.25, 0.3) is 0 Å². The van der Waals surface area contributed by atoms with E-state index in [0.717, 1.165) is 12.5 Å². The van der Waals surface area contributed by atoms with Gasteiger partial charge in [-0.3, -0.25) is 0 Å². The molecule has 1 amide bonds. The number of hydrogen-bond acceptors (Lipinski definition) is 6. The molecule has 0 aliphatic carbocycles. The first-order valence-corrected chi connectivity index (χ1v) is 11.7. The Morgan fingerprint density at radius 1 is 1.24 bits per heavy atom. The van der Waals surface area contributed by atoms with Crippen molar-refractivity contribution in [1.82, 2.24) is 14.9 Å². The van der Waals surface area contributed by atoms with Crippen molar-refractivity contribution in [1.29, 1.82) is 0 Å². The van der Waals surface area contributed by atoms with Gasteiger partial charge in [0, 0.05) is 25.0 Å². The zero-order valence-corrected chi connectivity index (χ0v) is 20.9. The van der Waals surface area contributed by atoms with Gasteiger partial charge in [0.05, 0.1) is 10.5 Å². The van der Waals surface area contributed by atoms with Gasteiger partial charge in [-0.25, -0.2) is 14.2 Å². The maximum absolute atomic E-state index is 15.0. The molecule has 2 aromatic rings. The number of alkyl halides is 3. The second-order valence-electron chi connectivity index (χ2n) is 9.39. The third-order valence-corrected chi connectivity index (χ3v) is 6.59. The molecule has 13 heteroatoms. The molecule has 2 unspecified atom stereocenters. The first-order valence-electron chi connectivity index (χ1n) is 10.6. The fourth-order valence-electron chi connectivity index (χ4n) is 4.39. The Hall–Kier alpha value is -2.08. The van der Waals surface area contributed by atoms with Gasteiger partial charge in [-0.1, -0.05) is 0 Å². The number of benzene rings is 1. The predicted molar refractivity (Wildman–Crippen MR) is 121 cm³/mol. The Labute approximate surface area is 206 Å². The molecule has 3 heterocycles. The lowest BCUT2D eigenvalue weighted by Gasteiger charge is -2.34. The Kier molecular flexibility index (Phi) is 6.52. The highest BCUT2D eigenvalue weighted by molar-refractivity contribution is 9.10. The van der Waals surface area contributed by atoms with E-state index in [4.69, 9.17) is 16.3 Å². The maximum atomic E-state index is 15.0. The van der Waals surface area contributed by atoms with Crippen LogP contribution in [0.1, 0.15) is 33.6 Å². The molecule has 2 saturated heterocycles. The molecule has 2 atom stereocenters. The monoisotopic (exact) mass is 568 g/mol. The van der Waals surface area contributed by atoms with Crippen molar-refractivity contribution in [2.45, 2.75) is 51.6 Å². The number of anilines is 1. The topological polar surface area (TPSA) is 67.8 Å². The highest BCUT2D eigenvalue weighted by Gasteiger charge is 2.41. The Bertz CT molecular complexity index is 1130. The van der Waals surface area contributed by atoms with Crippen molar-refractivity contribution in [2.24, 2.45) is 5.92 Å². The molecule has 2 bridgehead atoms. The molecule has 2 aliphatic rings. The largest absolute Gasteiger partial charge is 0.573 e. The second kappa shape index (κ2) is 8.85. The van der Waals surface area contributed by atoms with E-state index in [2.05, 4.69) is 30.6 Å². The number of hydrogen-bond donors (Lipinski definition) is 0. The van der Waals surface area contributed by atoms with E-state index in [9.17, 15) is 22.4 Å². The van der Waals surface area contributed by atoms with Crippen LogP contribution in [0.25, 0.3) is 10.9 Å². The van der Waals surface area contributed by atoms with Crippen LogP contribution in [0, 0.1) is 11.7 Å². The number of nitrogens with zero attached hydrogens (tertiary/aromatic N) is 4. The van der Waals surface area contributed by atoms with Gasteiger partial charge in [0.1, 0.15) is 22.7 Å². The lowest BCUT2D eigenvalue weighted by atomic mass is 10.0. The van der Waals surface area contributed by atoms with Gasteiger partial charge in [-0.2, -0.15) is 4.98 Å². The number of carbonyl (C=O) groups is 1. The summed E-state index contributed by atoms with van der Waals surface area (Å²) in [5.41, 5.74) is -0.894. The van der Waals surface area contributed by atoms with Crippen molar-refractivity contribution < 1.29 is 31.8 Å². The van der Waals surface area contributed by atoms with Crippen LogP contribution in [0.2, 0.25) is 5.28 Å². The molecule has 0 spiro atoms. The van der Waals surface area contributed by atoms with Crippen LogP contribution < -0.4 is 9.64 Å². The van der Waals surface area contributed by atoms with Gasteiger partial charge in [-0.05, 0) is 73.1 Å². The summed E-state index contributed by atoms with van der Waals surface area (Å²) in [7, 11) is 0. The molecular weight excluding hydrogens is 548 g/mol. The fourth-order valence-corrected chi connectivity index (χ4v) is 4.94. The van der Waals surface area contributed by atoms with E-state index in [1.54, 1.807) is 30.6 Å². The van der Waals surface area contributed by atoms with Crippen LogP contribution in [0.15, 0.2) is 10.5 Å². The van der Waals surface area contributed by atoms with E-state index < -0.39 is 34.1 Å². The van der Waals surface area contributed by atoms with Gasteiger partial charge < -0.3 is 19.3 Å². The van der Waals surface area contributed by atoms with Crippen molar-refractivity contribution >= 4 is 50.3 Å². The first-order chi connectivity index (χ1) is 15.7. The lowest BCUT2D eigenvalue weighted by Crippen LogP contribution is -2.46. The zero-order chi connectivity index (χ0) is 25.0. The third kappa shape index (κ3) is 5.27. The number of aromatic nitrogens is 2. The average Bonchev–Trinajstić information content (AvgIpc) is 2.97. The summed E-state index contributed by atoms with van der Waals surface area (Å²) >= 11 is 8.87. The molecule has 2 fully saturated rings. The summed E-state index contributed by atoms with van der Waals surface area (Å²) in [6.07, 6.45) is -4.01. The van der Waals surface area contributed by atoms with Crippen molar-refractivity contribution in [2.75, 3.05) is 24.5 Å². The van der Waals surface area contributed by atoms with Crippen molar-refractivity contribution in [3.8, 4) is 5.75 Å². The predicted octanol–water partition coefficient (Wildman–Crippen LogP) is 5.92. The molecule has 4 rings (SSSR count). The number of halogens is 6. The fraction of sp³-hybridized carbons (Fsp3) is 0.571. The normalized spacial score (nSPS) is 21.1. The maximum Gasteiger partial charge on any atom is 0.573 e. The quantitative estimate of drug-likeness (QED) is 0.331. The van der Waals surface area contributed by atoms with E-state index in [1.165, 1.54) is 0 Å². The first kappa shape index (κ1) is 25.0. The minimum atomic E-state index is -5.02. The van der Waals surface area contributed by atoms with Crippen LogP contribution in [0.4, 0.5) is 28.2 Å². The lowest BCUT2D eigenvalue weighted by molar-refractivity contribution is -0.274. The molecule has 1 aromatic carbocycles. The minimum absolute atomic E-state index is 0.0194. The summed E-state index contributed by atoms with van der Waals surface area (Å²) in [6.45, 7) is 6.74.